The van der Waals surface area contributed by atoms with E-state index in [4.69, 9.17) is 10.5 Å². The van der Waals surface area contributed by atoms with Crippen LogP contribution in [0.2, 0.25) is 0 Å². The van der Waals surface area contributed by atoms with Crippen molar-refractivity contribution in [2.45, 2.75) is 25.3 Å². The minimum absolute atomic E-state index is 0.0314. The summed E-state index contributed by atoms with van der Waals surface area (Å²) in [5, 5.41) is 0. The second-order valence-corrected chi connectivity index (χ2v) is 4.03. The monoisotopic (exact) mass is 229 g/mol. The van der Waals surface area contributed by atoms with E-state index in [0.717, 1.165) is 0 Å². The van der Waals surface area contributed by atoms with E-state index in [9.17, 15) is 8.78 Å². The molecule has 0 aliphatic carbocycles. The molecule has 1 atom stereocenters. The van der Waals surface area contributed by atoms with Gasteiger partial charge in [0.25, 0.3) is 0 Å². The van der Waals surface area contributed by atoms with Gasteiger partial charge < -0.3 is 10.5 Å². The van der Waals surface area contributed by atoms with Crippen LogP contribution in [0.3, 0.4) is 0 Å². The van der Waals surface area contributed by atoms with Crippen molar-refractivity contribution < 1.29 is 13.5 Å². The molecule has 0 saturated heterocycles. The lowest BCUT2D eigenvalue weighted by Gasteiger charge is -2.27. The molecule has 1 unspecified atom stereocenters. The average molecular weight is 229 g/mol. The Labute approximate surface area is 94.4 Å². The molecule has 0 heterocycles. The number of rotatable bonds is 5. The number of benzene rings is 1. The molecule has 0 bridgehead atoms. The Hall–Kier alpha value is -1.00. The van der Waals surface area contributed by atoms with Crippen LogP contribution in [0.4, 0.5) is 8.78 Å². The average Bonchev–Trinajstić information content (AvgIpc) is 2.24. The SMILES string of the molecule is CCC(N)(COC)Cc1c(F)cccc1F. The molecular formula is C12H17F2NO. The normalized spacial score (nSPS) is 14.8. The van der Waals surface area contributed by atoms with E-state index < -0.39 is 17.2 Å². The summed E-state index contributed by atoms with van der Waals surface area (Å²) in [5.41, 5.74) is 5.33. The Kier molecular flexibility index (Phi) is 4.38. The second-order valence-electron chi connectivity index (χ2n) is 4.03. The zero-order valence-corrected chi connectivity index (χ0v) is 9.59. The van der Waals surface area contributed by atoms with E-state index in [0.29, 0.717) is 6.42 Å². The molecule has 0 fully saturated rings. The smallest absolute Gasteiger partial charge is 0.129 e. The second kappa shape index (κ2) is 5.37. The van der Waals surface area contributed by atoms with Crippen molar-refractivity contribution in [2.24, 2.45) is 5.73 Å². The first-order valence-electron chi connectivity index (χ1n) is 5.23. The van der Waals surface area contributed by atoms with Crippen molar-refractivity contribution in [3.05, 3.63) is 35.4 Å². The third-order valence-corrected chi connectivity index (χ3v) is 2.73. The van der Waals surface area contributed by atoms with Gasteiger partial charge in [0, 0.05) is 18.2 Å². The molecule has 2 N–H and O–H groups in total. The fraction of sp³-hybridized carbons (Fsp3) is 0.500. The third-order valence-electron chi connectivity index (χ3n) is 2.73. The number of hydrogen-bond donors (Lipinski definition) is 1. The molecular weight excluding hydrogens is 212 g/mol. The summed E-state index contributed by atoms with van der Waals surface area (Å²) in [7, 11) is 1.52. The quantitative estimate of drug-likeness (QED) is 0.840. The summed E-state index contributed by atoms with van der Waals surface area (Å²) in [6.45, 7) is 2.15. The van der Waals surface area contributed by atoms with Gasteiger partial charge in [-0.3, -0.25) is 0 Å². The van der Waals surface area contributed by atoms with Crippen LogP contribution in [0, 0.1) is 11.6 Å². The van der Waals surface area contributed by atoms with Gasteiger partial charge in [0.05, 0.1) is 6.61 Å². The number of nitrogens with two attached hydrogens (primary N) is 1. The molecule has 1 aromatic rings. The van der Waals surface area contributed by atoms with Crippen molar-refractivity contribution in [1.82, 2.24) is 0 Å². The van der Waals surface area contributed by atoms with E-state index in [1.54, 1.807) is 0 Å². The zero-order chi connectivity index (χ0) is 12.2. The molecule has 2 nitrogen and oxygen atoms in total. The molecule has 1 aromatic carbocycles. The van der Waals surface area contributed by atoms with Gasteiger partial charge in [-0.25, -0.2) is 8.78 Å². The highest BCUT2D eigenvalue weighted by Crippen LogP contribution is 2.20. The largest absolute Gasteiger partial charge is 0.383 e. The maximum atomic E-state index is 13.4. The molecule has 0 saturated carbocycles. The van der Waals surface area contributed by atoms with Gasteiger partial charge in [-0.15, -0.1) is 0 Å². The highest BCUT2D eigenvalue weighted by atomic mass is 19.1. The van der Waals surface area contributed by atoms with Gasteiger partial charge >= 0.3 is 0 Å². The van der Waals surface area contributed by atoms with Gasteiger partial charge in [-0.05, 0) is 25.0 Å². The Bertz CT molecular complexity index is 337. The van der Waals surface area contributed by atoms with Gasteiger partial charge in [0.1, 0.15) is 11.6 Å². The Balaban J connectivity index is 2.94. The summed E-state index contributed by atoms with van der Waals surface area (Å²) in [5.74, 6) is -1.11. The lowest BCUT2D eigenvalue weighted by molar-refractivity contribution is 0.128. The van der Waals surface area contributed by atoms with Gasteiger partial charge in [0.15, 0.2) is 0 Å². The van der Waals surface area contributed by atoms with Gasteiger partial charge in [-0.1, -0.05) is 13.0 Å². The van der Waals surface area contributed by atoms with Crippen LogP contribution in [0.1, 0.15) is 18.9 Å². The molecule has 0 aromatic heterocycles. The van der Waals surface area contributed by atoms with Crippen LogP contribution >= 0.6 is 0 Å². The van der Waals surface area contributed by atoms with Crippen molar-refractivity contribution in [3.8, 4) is 0 Å². The number of hydrogen-bond acceptors (Lipinski definition) is 2. The van der Waals surface area contributed by atoms with Crippen LogP contribution < -0.4 is 5.73 Å². The fourth-order valence-electron chi connectivity index (χ4n) is 1.62. The molecule has 0 aliphatic heterocycles. The number of ether oxygens (including phenoxy) is 1. The van der Waals surface area contributed by atoms with E-state index in [2.05, 4.69) is 0 Å². The zero-order valence-electron chi connectivity index (χ0n) is 9.59. The highest BCUT2D eigenvalue weighted by Gasteiger charge is 2.26. The molecule has 0 radical (unpaired) electrons. The Morgan fingerprint density at radius 3 is 2.31 bits per heavy atom. The maximum absolute atomic E-state index is 13.4. The molecule has 0 amide bonds. The van der Waals surface area contributed by atoms with Crippen LogP contribution in [0.25, 0.3) is 0 Å². The molecule has 16 heavy (non-hydrogen) atoms. The third kappa shape index (κ3) is 3.00. The summed E-state index contributed by atoms with van der Waals surface area (Å²) >= 11 is 0. The first-order chi connectivity index (χ1) is 7.52. The number of halogens is 2. The predicted octanol–water partition coefficient (Wildman–Crippen LogP) is 2.26. The standard InChI is InChI=1S/C12H17F2NO/c1-3-12(15,8-16-2)7-9-10(13)5-4-6-11(9)14/h4-6H,3,7-8,15H2,1-2H3. The van der Waals surface area contributed by atoms with E-state index in [1.807, 2.05) is 6.92 Å². The summed E-state index contributed by atoms with van der Waals surface area (Å²) in [6.07, 6.45) is 0.727. The van der Waals surface area contributed by atoms with Gasteiger partial charge in [0.2, 0.25) is 0 Å². The van der Waals surface area contributed by atoms with Crippen molar-refractivity contribution >= 4 is 0 Å². The number of methoxy groups -OCH3 is 1. The molecule has 0 spiro atoms. The predicted molar refractivity (Wildman–Crippen MR) is 59.1 cm³/mol. The lowest BCUT2D eigenvalue weighted by atomic mass is 9.89. The first kappa shape index (κ1) is 13.1. The highest BCUT2D eigenvalue weighted by molar-refractivity contribution is 5.22. The van der Waals surface area contributed by atoms with Crippen molar-refractivity contribution in [1.29, 1.82) is 0 Å². The summed E-state index contributed by atoms with van der Waals surface area (Å²) in [4.78, 5) is 0. The summed E-state index contributed by atoms with van der Waals surface area (Å²) in [6, 6.07) is 3.82. The minimum atomic E-state index is -0.724. The summed E-state index contributed by atoms with van der Waals surface area (Å²) < 4.78 is 31.8. The Morgan fingerprint density at radius 2 is 1.88 bits per heavy atom. The van der Waals surface area contributed by atoms with E-state index >= 15 is 0 Å². The van der Waals surface area contributed by atoms with E-state index in [1.165, 1.54) is 25.3 Å². The molecule has 1 rings (SSSR count). The molecule has 90 valence electrons. The fourth-order valence-corrected chi connectivity index (χ4v) is 1.62. The lowest BCUT2D eigenvalue weighted by Crippen LogP contribution is -2.46. The topological polar surface area (TPSA) is 35.2 Å². The van der Waals surface area contributed by atoms with Crippen LogP contribution in [0.15, 0.2) is 18.2 Å². The van der Waals surface area contributed by atoms with Gasteiger partial charge in [-0.2, -0.15) is 0 Å². The minimum Gasteiger partial charge on any atom is -0.383 e. The van der Waals surface area contributed by atoms with Crippen LogP contribution in [-0.2, 0) is 11.2 Å². The molecule has 4 heteroatoms. The Morgan fingerprint density at radius 1 is 1.31 bits per heavy atom. The van der Waals surface area contributed by atoms with Crippen LogP contribution in [-0.4, -0.2) is 19.3 Å². The first-order valence-corrected chi connectivity index (χ1v) is 5.23. The van der Waals surface area contributed by atoms with Crippen LogP contribution in [0.5, 0.6) is 0 Å². The van der Waals surface area contributed by atoms with E-state index in [-0.39, 0.29) is 18.6 Å². The van der Waals surface area contributed by atoms with Crippen molar-refractivity contribution in [3.63, 3.8) is 0 Å². The maximum Gasteiger partial charge on any atom is 0.129 e. The molecule has 0 aliphatic rings. The van der Waals surface area contributed by atoms with Crippen molar-refractivity contribution in [2.75, 3.05) is 13.7 Å².